The first-order valence-electron chi connectivity index (χ1n) is 22.4. The number of fused-ring (bicyclic) bond motifs is 4. The minimum absolute atomic E-state index is 0.101. The summed E-state index contributed by atoms with van der Waals surface area (Å²) < 4.78 is 55.0. The van der Waals surface area contributed by atoms with Crippen LogP contribution in [0.2, 0.25) is 0 Å². The van der Waals surface area contributed by atoms with Gasteiger partial charge in [-0.25, -0.2) is 9.59 Å². The average Bonchev–Trinajstić information content (AvgIpc) is 3.96. The fourth-order valence-electron chi connectivity index (χ4n) is 8.11. The van der Waals surface area contributed by atoms with E-state index in [0.717, 1.165) is 67.0 Å². The van der Waals surface area contributed by atoms with E-state index in [0.29, 0.717) is 63.1 Å². The number of hydrogen-bond donors (Lipinski definition) is 0. The molecule has 7 rings (SSSR count). The molecule has 1 aliphatic carbocycles. The molecule has 1 atom stereocenters. The zero-order chi connectivity index (χ0) is 47.0. The van der Waals surface area contributed by atoms with Crippen LogP contribution in [-0.2, 0) is 43.5 Å². The lowest BCUT2D eigenvalue weighted by atomic mass is 9.67. The van der Waals surface area contributed by atoms with Gasteiger partial charge in [0, 0.05) is 23.8 Å². The van der Waals surface area contributed by atoms with E-state index in [9.17, 15) is 9.59 Å². The monoisotopic (exact) mass is 998 g/mol. The van der Waals surface area contributed by atoms with Gasteiger partial charge in [-0.15, -0.1) is 0 Å². The highest BCUT2D eigenvalue weighted by molar-refractivity contribution is 9.10. The predicted molar refractivity (Wildman–Crippen MR) is 257 cm³/mol. The van der Waals surface area contributed by atoms with Crippen LogP contribution in [-0.4, -0.2) is 114 Å². The van der Waals surface area contributed by atoms with Crippen molar-refractivity contribution < 1.29 is 57.3 Å². The number of halogens is 1. The number of nitrogens with zero attached hydrogens (tertiary/aromatic N) is 2. The summed E-state index contributed by atoms with van der Waals surface area (Å²) >= 11 is 4.80. The zero-order valence-electron chi connectivity index (χ0n) is 38.1. The molecule has 16 heteroatoms. The van der Waals surface area contributed by atoms with Gasteiger partial charge in [0.2, 0.25) is 0 Å². The van der Waals surface area contributed by atoms with Gasteiger partial charge in [-0.1, -0.05) is 61.5 Å². The second-order valence-electron chi connectivity index (χ2n) is 15.2. The fourth-order valence-corrected chi connectivity index (χ4v) is 9.21. The van der Waals surface area contributed by atoms with Gasteiger partial charge < -0.3 is 42.8 Å². The Morgan fingerprint density at radius 2 is 1.16 bits per heavy atom. The van der Waals surface area contributed by atoms with E-state index in [-0.39, 0.29) is 56.5 Å². The Hall–Kier alpha value is -5.30. The van der Waals surface area contributed by atoms with Crippen molar-refractivity contribution in [2.75, 3.05) is 93.0 Å². The predicted octanol–water partition coefficient (Wildman–Crippen LogP) is 9.65. The molecule has 5 aromatic carbocycles. The number of ether oxygens (including phenoxy) is 8. The van der Waals surface area contributed by atoms with Gasteiger partial charge in [-0.05, 0) is 112 Å². The highest BCUT2D eigenvalue weighted by atomic mass is 79.9. The molecule has 0 saturated heterocycles. The minimum Gasteiger partial charge on any atom is -0.490 e. The summed E-state index contributed by atoms with van der Waals surface area (Å²) in [6.07, 6.45) is 0.931. The number of methoxy groups -OCH3 is 1. The van der Waals surface area contributed by atoms with Crippen LogP contribution in [0.15, 0.2) is 95.5 Å². The SMILES string of the molecule is CCCOCCOCCOOc1ccc(C2(c3ccc(OCCOCCOCCOC)c(C(=O)OCC)c3)c3ccccc3-c3ccc(-c4ccc(Br)c5nsnc45)cc32)cc1C(=O)OCC. The van der Waals surface area contributed by atoms with Gasteiger partial charge in [0.1, 0.15) is 41.1 Å². The first kappa shape index (κ1) is 49.6. The smallest absolute Gasteiger partial charge is 0.342 e. The van der Waals surface area contributed by atoms with Crippen molar-refractivity contribution in [3.05, 3.63) is 129 Å². The maximum atomic E-state index is 14.0. The van der Waals surface area contributed by atoms with E-state index in [4.69, 9.17) is 52.0 Å². The van der Waals surface area contributed by atoms with Crippen molar-refractivity contribution in [2.24, 2.45) is 0 Å². The molecule has 1 aliphatic rings. The number of carbonyl (C=O) groups excluding carboxylic acids is 2. The Morgan fingerprint density at radius 1 is 0.582 bits per heavy atom. The third-order valence-corrected chi connectivity index (χ3v) is 12.2. The lowest BCUT2D eigenvalue weighted by Gasteiger charge is -2.35. The summed E-state index contributed by atoms with van der Waals surface area (Å²) in [7, 11) is 1.62. The van der Waals surface area contributed by atoms with Crippen LogP contribution in [0.3, 0.4) is 0 Å². The van der Waals surface area contributed by atoms with Crippen molar-refractivity contribution in [3.8, 4) is 33.8 Å². The number of rotatable bonds is 27. The van der Waals surface area contributed by atoms with Crippen molar-refractivity contribution in [1.29, 1.82) is 0 Å². The van der Waals surface area contributed by atoms with Crippen LogP contribution in [0.1, 0.15) is 70.2 Å². The van der Waals surface area contributed by atoms with Crippen molar-refractivity contribution in [1.82, 2.24) is 8.75 Å². The van der Waals surface area contributed by atoms with E-state index in [1.165, 1.54) is 0 Å². The normalized spacial score (nSPS) is 13.9. The number of hydrogen-bond acceptors (Lipinski definition) is 15. The molecule has 0 bridgehead atoms. The molecular formula is C51H55BrN2O12S. The summed E-state index contributed by atoms with van der Waals surface area (Å²) in [4.78, 5) is 39.4. The molecule has 6 aromatic rings. The van der Waals surface area contributed by atoms with E-state index >= 15 is 0 Å². The molecule has 1 unspecified atom stereocenters. The highest BCUT2D eigenvalue weighted by Gasteiger charge is 2.47. The second kappa shape index (κ2) is 24.6. The minimum atomic E-state index is -1.14. The molecule has 1 heterocycles. The standard InChI is InChI=1S/C51H55BrN2O12S/c1-5-20-58-23-24-61-28-30-65-66-46-19-14-36(33-41(46)50(56)63-7-3)51(35-13-18-45(40(32-35)49(55)62-6-2)64-29-27-60-26-25-59-22-21-57-4)42-11-9-8-10-38(42)39-15-12-34(31-43(39)51)37-16-17-44(52)48-47(37)53-67-54-48/h8-19,31-33H,5-7,20-30H2,1-4H3. The van der Waals surface area contributed by atoms with Crippen LogP contribution in [0.4, 0.5) is 0 Å². The van der Waals surface area contributed by atoms with E-state index in [1.807, 2.05) is 49.4 Å². The second-order valence-corrected chi connectivity index (χ2v) is 16.6. The van der Waals surface area contributed by atoms with Crippen LogP contribution >= 0.6 is 27.7 Å². The largest absolute Gasteiger partial charge is 0.490 e. The third-order valence-electron chi connectivity index (χ3n) is 11.0. The van der Waals surface area contributed by atoms with E-state index < -0.39 is 17.4 Å². The van der Waals surface area contributed by atoms with Crippen molar-refractivity contribution in [3.63, 3.8) is 0 Å². The quantitative estimate of drug-likeness (QED) is 0.0208. The first-order valence-corrected chi connectivity index (χ1v) is 23.9. The summed E-state index contributed by atoms with van der Waals surface area (Å²) in [6.45, 7) is 9.94. The molecule has 67 heavy (non-hydrogen) atoms. The molecule has 0 saturated carbocycles. The van der Waals surface area contributed by atoms with Crippen LogP contribution < -0.4 is 9.62 Å². The third kappa shape index (κ3) is 11.4. The van der Waals surface area contributed by atoms with Gasteiger partial charge >= 0.3 is 11.9 Å². The zero-order valence-corrected chi connectivity index (χ0v) is 40.5. The number of benzene rings is 5. The molecule has 0 fully saturated rings. The lowest BCUT2D eigenvalue weighted by molar-refractivity contribution is -0.215. The molecule has 0 aliphatic heterocycles. The lowest BCUT2D eigenvalue weighted by Crippen LogP contribution is -2.30. The number of carbonyl (C=O) groups is 2. The molecule has 0 N–H and O–H groups in total. The Bertz CT molecular complexity index is 2520. The van der Waals surface area contributed by atoms with Crippen LogP contribution in [0.25, 0.3) is 33.3 Å². The average molecular weight is 1000 g/mol. The maximum absolute atomic E-state index is 14.0. The molecule has 14 nitrogen and oxygen atoms in total. The number of aromatic nitrogens is 2. The molecule has 1 aromatic heterocycles. The molecule has 354 valence electrons. The van der Waals surface area contributed by atoms with Gasteiger partial charge in [-0.2, -0.15) is 13.6 Å². The van der Waals surface area contributed by atoms with Gasteiger partial charge in [0.05, 0.1) is 83.2 Å². The molecule has 0 amide bonds. The Morgan fingerprint density at radius 3 is 1.85 bits per heavy atom. The van der Waals surface area contributed by atoms with Gasteiger partial charge in [0.25, 0.3) is 0 Å². The Balaban J connectivity index is 1.34. The van der Waals surface area contributed by atoms with Crippen molar-refractivity contribution in [2.45, 2.75) is 32.6 Å². The van der Waals surface area contributed by atoms with Crippen LogP contribution in [0, 0.1) is 0 Å². The van der Waals surface area contributed by atoms with Crippen LogP contribution in [0.5, 0.6) is 11.5 Å². The Labute approximate surface area is 403 Å². The molecule has 0 radical (unpaired) electrons. The van der Waals surface area contributed by atoms with E-state index in [2.05, 4.69) is 50.6 Å². The topological polar surface area (TPSA) is 152 Å². The van der Waals surface area contributed by atoms with Crippen molar-refractivity contribution >= 4 is 50.6 Å². The fraction of sp³-hybridized carbons (Fsp3) is 0.373. The summed E-state index contributed by atoms with van der Waals surface area (Å²) in [5.41, 5.74) is 7.71. The van der Waals surface area contributed by atoms with Gasteiger partial charge in [0.15, 0.2) is 5.75 Å². The highest BCUT2D eigenvalue weighted by Crippen LogP contribution is 2.57. The number of esters is 2. The van der Waals surface area contributed by atoms with E-state index in [1.54, 1.807) is 39.2 Å². The molecular weight excluding hydrogens is 945 g/mol. The summed E-state index contributed by atoms with van der Waals surface area (Å²) in [6, 6.07) is 29.5. The summed E-state index contributed by atoms with van der Waals surface area (Å²) in [5, 5.41) is 0. The molecule has 0 spiro atoms. The first-order chi connectivity index (χ1) is 32.9. The summed E-state index contributed by atoms with van der Waals surface area (Å²) in [5.74, 6) is -0.662. The Kier molecular flexibility index (Phi) is 18.2. The van der Waals surface area contributed by atoms with Gasteiger partial charge in [-0.3, -0.25) is 0 Å². The maximum Gasteiger partial charge on any atom is 0.342 e.